The van der Waals surface area contributed by atoms with E-state index in [2.05, 4.69) is 13.8 Å². The van der Waals surface area contributed by atoms with Crippen molar-refractivity contribution in [1.29, 1.82) is 0 Å². The molecule has 4 fully saturated rings. The number of aliphatic hydroxyl groups is 1. The van der Waals surface area contributed by atoms with Gasteiger partial charge in [0.25, 0.3) is 0 Å². The number of methoxy groups -OCH3 is 1. The molecule has 11 atom stereocenters. The Labute approximate surface area is 243 Å². The summed E-state index contributed by atoms with van der Waals surface area (Å²) in [5.74, 6) is 1.10. The van der Waals surface area contributed by atoms with E-state index in [9.17, 15) is 19.5 Å². The fourth-order valence-corrected chi connectivity index (χ4v) is 11.0. The van der Waals surface area contributed by atoms with Crippen LogP contribution in [0.15, 0.2) is 35.2 Å². The summed E-state index contributed by atoms with van der Waals surface area (Å²) in [5, 5.41) is 11.4. The van der Waals surface area contributed by atoms with Crippen LogP contribution in [0.2, 0.25) is 0 Å². The van der Waals surface area contributed by atoms with Gasteiger partial charge in [0.2, 0.25) is 0 Å². The number of aliphatic hydroxyl groups excluding tert-OH is 1. The van der Waals surface area contributed by atoms with E-state index in [1.807, 2.05) is 30.3 Å². The number of fused-ring (bicyclic) bond motifs is 5. The van der Waals surface area contributed by atoms with Crippen LogP contribution in [0.3, 0.4) is 0 Å². The fourth-order valence-electron chi connectivity index (χ4n) is 9.81. The Bertz CT molecular complexity index is 1080. The van der Waals surface area contributed by atoms with Gasteiger partial charge in [-0.2, -0.15) is 0 Å². The van der Waals surface area contributed by atoms with Crippen molar-refractivity contribution in [3.63, 3.8) is 0 Å². The molecule has 7 heteroatoms. The molecule has 0 amide bonds. The van der Waals surface area contributed by atoms with Crippen LogP contribution >= 0.6 is 11.8 Å². The minimum absolute atomic E-state index is 0.0200. The van der Waals surface area contributed by atoms with Gasteiger partial charge in [-0.1, -0.05) is 32.0 Å². The lowest BCUT2D eigenvalue weighted by Gasteiger charge is -2.62. The third kappa shape index (κ3) is 5.26. The number of hydrogen-bond acceptors (Lipinski definition) is 7. The standard InChI is InChI=1S/C33H46O6S/c1-20(35)39-23-14-15-32(2)22(17-23)10-11-25-27-13-12-26(33(27,3)30(36)18-28(25)32)21(19-34)16-29(31(37)38-4)40-24-8-6-5-7-9-24/h5-9,19,21-23,25-30,36H,10-18H2,1-4H3/t21?,22-,23+,25+,26-,27+,28+,29?,30+,32+,33-/m1/s1. The molecule has 6 nitrogen and oxygen atoms in total. The van der Waals surface area contributed by atoms with Gasteiger partial charge in [-0.25, -0.2) is 0 Å². The summed E-state index contributed by atoms with van der Waals surface area (Å²) in [6.07, 6.45) is 8.84. The quantitative estimate of drug-likeness (QED) is 0.230. The lowest BCUT2D eigenvalue weighted by atomic mass is 9.43. The summed E-state index contributed by atoms with van der Waals surface area (Å²) in [4.78, 5) is 38.1. The number of esters is 2. The van der Waals surface area contributed by atoms with Crippen molar-refractivity contribution >= 4 is 30.0 Å². The van der Waals surface area contributed by atoms with Gasteiger partial charge in [-0.3, -0.25) is 9.59 Å². The molecule has 0 saturated heterocycles. The lowest BCUT2D eigenvalue weighted by Crippen LogP contribution is -2.59. The van der Waals surface area contributed by atoms with E-state index in [4.69, 9.17) is 9.47 Å². The largest absolute Gasteiger partial charge is 0.468 e. The summed E-state index contributed by atoms with van der Waals surface area (Å²) in [6, 6.07) is 9.80. The summed E-state index contributed by atoms with van der Waals surface area (Å²) in [7, 11) is 1.41. The van der Waals surface area contributed by atoms with Crippen LogP contribution in [0.25, 0.3) is 0 Å². The van der Waals surface area contributed by atoms with Crippen LogP contribution in [-0.4, -0.2) is 47.9 Å². The van der Waals surface area contributed by atoms with Crippen LogP contribution in [0.1, 0.15) is 78.6 Å². The topological polar surface area (TPSA) is 89.9 Å². The molecule has 1 aromatic carbocycles. The molecule has 220 valence electrons. The number of hydrogen-bond donors (Lipinski definition) is 1. The van der Waals surface area contributed by atoms with Crippen molar-refractivity contribution in [3.05, 3.63) is 30.3 Å². The van der Waals surface area contributed by atoms with Gasteiger partial charge in [-0.05, 0) is 105 Å². The zero-order chi connectivity index (χ0) is 28.7. The third-order valence-electron chi connectivity index (χ3n) is 11.8. The molecular weight excluding hydrogens is 524 g/mol. The Hall–Kier alpha value is -1.86. The van der Waals surface area contributed by atoms with Crippen LogP contribution in [0.4, 0.5) is 0 Å². The van der Waals surface area contributed by atoms with Gasteiger partial charge in [0.15, 0.2) is 0 Å². The molecule has 0 spiro atoms. The second kappa shape index (κ2) is 11.8. The van der Waals surface area contributed by atoms with Gasteiger partial charge >= 0.3 is 11.9 Å². The highest BCUT2D eigenvalue weighted by atomic mass is 32.2. The number of thioether (sulfide) groups is 1. The number of carbonyl (C=O) groups is 3. The highest BCUT2D eigenvalue weighted by molar-refractivity contribution is 8.00. The molecule has 0 heterocycles. The zero-order valence-electron chi connectivity index (χ0n) is 24.4. The summed E-state index contributed by atoms with van der Waals surface area (Å²) in [6.45, 7) is 6.16. The predicted molar refractivity (Wildman–Crippen MR) is 154 cm³/mol. The number of rotatable bonds is 8. The first kappa shape index (κ1) is 29.6. The van der Waals surface area contributed by atoms with Gasteiger partial charge in [-0.15, -0.1) is 11.8 Å². The van der Waals surface area contributed by atoms with E-state index in [1.54, 1.807) is 0 Å². The molecule has 1 N–H and O–H groups in total. The molecule has 0 bridgehead atoms. The van der Waals surface area contributed by atoms with Crippen molar-refractivity contribution in [1.82, 2.24) is 0 Å². The molecule has 0 aromatic heterocycles. The third-order valence-corrected chi connectivity index (χ3v) is 13.0. The smallest absolute Gasteiger partial charge is 0.319 e. The molecular formula is C33H46O6S. The molecule has 4 saturated carbocycles. The number of aldehydes is 1. The fraction of sp³-hybridized carbons (Fsp3) is 0.727. The van der Waals surface area contributed by atoms with Crippen LogP contribution in [-0.2, 0) is 23.9 Å². The summed E-state index contributed by atoms with van der Waals surface area (Å²) in [5.41, 5.74) is -0.199. The van der Waals surface area contributed by atoms with E-state index in [1.165, 1.54) is 25.8 Å². The number of carbonyl (C=O) groups excluding carboxylic acids is 3. The Kier molecular flexibility index (Phi) is 8.73. The molecule has 40 heavy (non-hydrogen) atoms. The number of ether oxygens (including phenoxy) is 2. The molecule has 2 unspecified atom stereocenters. The summed E-state index contributed by atoms with van der Waals surface area (Å²) >= 11 is 1.46. The van der Waals surface area contributed by atoms with Crippen LogP contribution in [0.5, 0.6) is 0 Å². The average molecular weight is 571 g/mol. The maximum Gasteiger partial charge on any atom is 0.319 e. The monoisotopic (exact) mass is 570 g/mol. The highest BCUT2D eigenvalue weighted by Crippen LogP contribution is 2.68. The minimum Gasteiger partial charge on any atom is -0.468 e. The molecule has 0 aliphatic heterocycles. The lowest BCUT2D eigenvalue weighted by molar-refractivity contribution is -0.181. The minimum atomic E-state index is -0.478. The van der Waals surface area contributed by atoms with Crippen LogP contribution in [0, 0.1) is 46.3 Å². The van der Waals surface area contributed by atoms with Gasteiger partial charge < -0.3 is 19.4 Å². The van der Waals surface area contributed by atoms with E-state index < -0.39 is 11.4 Å². The van der Waals surface area contributed by atoms with E-state index >= 15 is 0 Å². The van der Waals surface area contributed by atoms with Crippen molar-refractivity contribution in [2.24, 2.45) is 46.3 Å². The molecule has 4 aliphatic rings. The van der Waals surface area contributed by atoms with E-state index in [-0.39, 0.29) is 40.7 Å². The first-order valence-corrected chi connectivity index (χ1v) is 16.1. The van der Waals surface area contributed by atoms with Gasteiger partial charge in [0.1, 0.15) is 17.6 Å². The Morgan fingerprint density at radius 2 is 1.82 bits per heavy atom. The maximum absolute atomic E-state index is 12.8. The second-order valence-corrected chi connectivity index (χ2v) is 14.7. The summed E-state index contributed by atoms with van der Waals surface area (Å²) < 4.78 is 10.8. The Balaban J connectivity index is 1.34. The Morgan fingerprint density at radius 1 is 1.07 bits per heavy atom. The van der Waals surface area contributed by atoms with Gasteiger partial charge in [0.05, 0.1) is 13.2 Å². The first-order chi connectivity index (χ1) is 19.1. The van der Waals surface area contributed by atoms with Crippen LogP contribution < -0.4 is 0 Å². The molecule has 5 rings (SSSR count). The predicted octanol–water partition coefficient (Wildman–Crippen LogP) is 6.09. The van der Waals surface area contributed by atoms with Crippen molar-refractivity contribution in [3.8, 4) is 0 Å². The normalized spacial score (nSPS) is 40.1. The number of benzene rings is 1. The van der Waals surface area contributed by atoms with E-state index in [0.29, 0.717) is 30.1 Å². The Morgan fingerprint density at radius 3 is 2.50 bits per heavy atom. The zero-order valence-corrected chi connectivity index (χ0v) is 25.2. The van der Waals surface area contributed by atoms with Gasteiger partial charge in [0, 0.05) is 23.2 Å². The second-order valence-electron chi connectivity index (χ2n) is 13.4. The first-order valence-electron chi connectivity index (χ1n) is 15.2. The maximum atomic E-state index is 12.8. The molecule has 0 radical (unpaired) electrons. The van der Waals surface area contributed by atoms with Crippen molar-refractivity contribution < 1.29 is 29.0 Å². The van der Waals surface area contributed by atoms with Crippen molar-refractivity contribution in [2.45, 2.75) is 101 Å². The molecule has 4 aliphatic carbocycles. The SMILES string of the molecule is COC(=O)C(CC(C=O)[C@H]1CC[C@H]2[C@@H]3CC[C@@H]4C[C@@H](OC(C)=O)CC[C@]4(C)[C@H]3C[C@H](O)[C@]12C)Sc1ccccc1. The van der Waals surface area contributed by atoms with Crippen molar-refractivity contribution in [2.75, 3.05) is 7.11 Å². The molecule has 1 aromatic rings. The van der Waals surface area contributed by atoms with E-state index in [0.717, 1.165) is 62.5 Å². The highest BCUT2D eigenvalue weighted by Gasteiger charge is 2.64. The average Bonchev–Trinajstić information content (AvgIpc) is 3.30.